The predicted octanol–water partition coefficient (Wildman–Crippen LogP) is 4.82. The number of aromatic nitrogens is 1. The monoisotopic (exact) mass is 286 g/mol. The number of aryl methyl sites for hydroxylation is 3. The second-order valence-electron chi connectivity index (χ2n) is 5.87. The molecular formula is C17H22N2S. The van der Waals surface area contributed by atoms with Crippen molar-refractivity contribution in [3.05, 3.63) is 45.2 Å². The summed E-state index contributed by atoms with van der Waals surface area (Å²) in [5.74, 6) is 0. The lowest BCUT2D eigenvalue weighted by atomic mass is 10.1. The fraction of sp³-hybridized carbons (Fsp3) is 0.471. The first-order valence-corrected chi connectivity index (χ1v) is 8.32. The number of hydrogen-bond acceptors (Lipinski definition) is 2. The van der Waals surface area contributed by atoms with E-state index < -0.39 is 0 Å². The van der Waals surface area contributed by atoms with Crippen LogP contribution < -0.4 is 4.80 Å². The quantitative estimate of drug-likeness (QED) is 0.753. The summed E-state index contributed by atoms with van der Waals surface area (Å²) in [7, 11) is 0. The summed E-state index contributed by atoms with van der Waals surface area (Å²) in [5.41, 5.74) is 4.99. The minimum absolute atomic E-state index is 0.658. The van der Waals surface area contributed by atoms with Gasteiger partial charge in [-0.25, -0.2) is 4.99 Å². The summed E-state index contributed by atoms with van der Waals surface area (Å²) in [6.07, 6.45) is 5.32. The summed E-state index contributed by atoms with van der Waals surface area (Å²) >= 11 is 1.77. The van der Waals surface area contributed by atoms with E-state index in [2.05, 4.69) is 48.9 Å². The molecule has 1 heterocycles. The molecule has 1 aliphatic carbocycles. The number of benzene rings is 1. The van der Waals surface area contributed by atoms with Crippen LogP contribution in [0.2, 0.25) is 0 Å². The molecule has 0 spiro atoms. The lowest BCUT2D eigenvalue weighted by molar-refractivity contribution is 0.496. The van der Waals surface area contributed by atoms with E-state index >= 15 is 0 Å². The summed E-state index contributed by atoms with van der Waals surface area (Å²) in [6.45, 7) is 6.47. The minimum atomic E-state index is 0.658. The first kappa shape index (κ1) is 13.6. The van der Waals surface area contributed by atoms with Gasteiger partial charge in [-0.15, -0.1) is 11.3 Å². The van der Waals surface area contributed by atoms with Gasteiger partial charge in [0.15, 0.2) is 4.80 Å². The smallest absolute Gasteiger partial charge is 0.190 e. The molecule has 20 heavy (non-hydrogen) atoms. The molecule has 1 aromatic carbocycles. The Hall–Kier alpha value is -1.35. The van der Waals surface area contributed by atoms with Crippen LogP contribution in [0.5, 0.6) is 0 Å². The topological polar surface area (TPSA) is 17.3 Å². The van der Waals surface area contributed by atoms with Crippen molar-refractivity contribution in [2.45, 2.75) is 52.5 Å². The Morgan fingerprint density at radius 1 is 1.15 bits per heavy atom. The van der Waals surface area contributed by atoms with Gasteiger partial charge in [-0.2, -0.15) is 0 Å². The van der Waals surface area contributed by atoms with Gasteiger partial charge in [0.05, 0.1) is 5.69 Å². The highest BCUT2D eigenvalue weighted by atomic mass is 32.1. The van der Waals surface area contributed by atoms with Crippen LogP contribution in [0, 0.1) is 20.8 Å². The first-order valence-electron chi connectivity index (χ1n) is 7.44. The van der Waals surface area contributed by atoms with Gasteiger partial charge in [0.25, 0.3) is 0 Å². The molecule has 3 heteroatoms. The summed E-state index contributed by atoms with van der Waals surface area (Å²) in [4.78, 5) is 6.10. The molecule has 0 amide bonds. The van der Waals surface area contributed by atoms with Crippen molar-refractivity contribution in [3.63, 3.8) is 0 Å². The summed E-state index contributed by atoms with van der Waals surface area (Å²) in [5, 5.41) is 2.24. The van der Waals surface area contributed by atoms with E-state index in [0.29, 0.717) is 6.04 Å². The highest BCUT2D eigenvalue weighted by Crippen LogP contribution is 2.30. The molecular weight excluding hydrogens is 264 g/mol. The van der Waals surface area contributed by atoms with Crippen molar-refractivity contribution < 1.29 is 0 Å². The van der Waals surface area contributed by atoms with Gasteiger partial charge in [0.2, 0.25) is 0 Å². The molecule has 1 aliphatic rings. The SMILES string of the molecule is Cc1ccc(C)c(N=c2scc(C)n2C2CCCC2)c1. The van der Waals surface area contributed by atoms with Crippen LogP contribution in [-0.2, 0) is 0 Å². The Morgan fingerprint density at radius 2 is 1.90 bits per heavy atom. The highest BCUT2D eigenvalue weighted by molar-refractivity contribution is 7.07. The molecule has 0 bridgehead atoms. The zero-order valence-electron chi connectivity index (χ0n) is 12.5. The van der Waals surface area contributed by atoms with E-state index in [4.69, 9.17) is 4.99 Å². The van der Waals surface area contributed by atoms with Crippen LogP contribution in [0.15, 0.2) is 28.6 Å². The van der Waals surface area contributed by atoms with Crippen molar-refractivity contribution in [2.24, 2.45) is 4.99 Å². The minimum Gasteiger partial charge on any atom is -0.318 e. The second kappa shape index (κ2) is 5.57. The summed E-state index contributed by atoms with van der Waals surface area (Å²) < 4.78 is 2.46. The van der Waals surface area contributed by atoms with Crippen molar-refractivity contribution in [1.29, 1.82) is 0 Å². The van der Waals surface area contributed by atoms with Crippen LogP contribution in [0.3, 0.4) is 0 Å². The third-order valence-corrected chi connectivity index (χ3v) is 5.15. The fourth-order valence-corrected chi connectivity index (χ4v) is 3.98. The molecule has 0 atom stereocenters. The lowest BCUT2D eigenvalue weighted by Gasteiger charge is -2.14. The zero-order chi connectivity index (χ0) is 14.1. The van der Waals surface area contributed by atoms with Gasteiger partial charge < -0.3 is 4.57 Å². The maximum absolute atomic E-state index is 4.95. The van der Waals surface area contributed by atoms with E-state index in [1.807, 2.05) is 0 Å². The molecule has 0 saturated heterocycles. The maximum atomic E-state index is 4.95. The first-order chi connectivity index (χ1) is 9.65. The Morgan fingerprint density at radius 3 is 2.65 bits per heavy atom. The standard InChI is InChI=1S/C17H22N2S/c1-12-8-9-13(2)16(10-12)18-17-19(14(3)11-20-17)15-6-4-5-7-15/h8-11,15H,4-7H2,1-3H3. The number of hydrogen-bond donors (Lipinski definition) is 0. The van der Waals surface area contributed by atoms with Gasteiger partial charge in [-0.1, -0.05) is 25.0 Å². The fourth-order valence-electron chi connectivity index (χ4n) is 3.03. The Bertz CT molecular complexity index is 673. The molecule has 0 radical (unpaired) electrons. The van der Waals surface area contributed by atoms with E-state index in [1.54, 1.807) is 11.3 Å². The van der Waals surface area contributed by atoms with Crippen molar-refractivity contribution >= 4 is 17.0 Å². The van der Waals surface area contributed by atoms with Gasteiger partial charge >= 0.3 is 0 Å². The Kier molecular flexibility index (Phi) is 3.79. The van der Waals surface area contributed by atoms with Crippen LogP contribution in [0.4, 0.5) is 5.69 Å². The third-order valence-electron chi connectivity index (χ3n) is 4.19. The average molecular weight is 286 g/mol. The predicted molar refractivity (Wildman–Crippen MR) is 85.7 cm³/mol. The van der Waals surface area contributed by atoms with Crippen LogP contribution in [0.1, 0.15) is 48.5 Å². The van der Waals surface area contributed by atoms with E-state index in [0.717, 1.165) is 10.5 Å². The van der Waals surface area contributed by atoms with Crippen LogP contribution >= 0.6 is 11.3 Å². The molecule has 0 N–H and O–H groups in total. The van der Waals surface area contributed by atoms with Crippen molar-refractivity contribution in [1.82, 2.24) is 4.57 Å². The molecule has 0 aliphatic heterocycles. The molecule has 2 nitrogen and oxygen atoms in total. The second-order valence-corrected chi connectivity index (χ2v) is 6.71. The van der Waals surface area contributed by atoms with Crippen LogP contribution in [-0.4, -0.2) is 4.57 Å². The highest BCUT2D eigenvalue weighted by Gasteiger charge is 2.19. The molecule has 2 aromatic rings. The number of nitrogens with zero attached hydrogens (tertiary/aromatic N) is 2. The third kappa shape index (κ3) is 2.59. The average Bonchev–Trinajstić information content (AvgIpc) is 3.04. The van der Waals surface area contributed by atoms with E-state index in [1.165, 1.54) is 42.5 Å². The zero-order valence-corrected chi connectivity index (χ0v) is 13.3. The summed E-state index contributed by atoms with van der Waals surface area (Å²) in [6, 6.07) is 7.15. The largest absolute Gasteiger partial charge is 0.318 e. The van der Waals surface area contributed by atoms with Gasteiger partial charge in [-0.05, 0) is 50.8 Å². The number of rotatable bonds is 2. The molecule has 106 valence electrons. The van der Waals surface area contributed by atoms with Crippen molar-refractivity contribution in [3.8, 4) is 0 Å². The van der Waals surface area contributed by atoms with Gasteiger partial charge in [0.1, 0.15) is 0 Å². The van der Waals surface area contributed by atoms with E-state index in [9.17, 15) is 0 Å². The Labute approximate surface area is 124 Å². The Balaban J connectivity index is 2.09. The van der Waals surface area contributed by atoms with E-state index in [-0.39, 0.29) is 0 Å². The molecule has 1 saturated carbocycles. The molecule has 1 aromatic heterocycles. The molecule has 3 rings (SSSR count). The number of thiazole rings is 1. The molecule has 1 fully saturated rings. The van der Waals surface area contributed by atoms with Crippen LogP contribution in [0.25, 0.3) is 0 Å². The lowest BCUT2D eigenvalue weighted by Crippen LogP contribution is -2.20. The normalized spacial score (nSPS) is 17.1. The van der Waals surface area contributed by atoms with Gasteiger partial charge in [-0.3, -0.25) is 0 Å². The maximum Gasteiger partial charge on any atom is 0.190 e. The van der Waals surface area contributed by atoms with Crippen molar-refractivity contribution in [2.75, 3.05) is 0 Å². The molecule has 0 unspecified atom stereocenters. The van der Waals surface area contributed by atoms with Gasteiger partial charge in [0, 0.05) is 17.1 Å².